The van der Waals surface area contributed by atoms with Crippen molar-refractivity contribution in [2.45, 2.75) is 0 Å². The summed E-state index contributed by atoms with van der Waals surface area (Å²) >= 11 is 0. The molecular formula is C20H18N2O8. The molecule has 1 aliphatic heterocycles. The first-order chi connectivity index (χ1) is 14.4. The Morgan fingerprint density at radius 3 is 2.13 bits per heavy atom. The van der Waals surface area contributed by atoms with E-state index >= 15 is 0 Å². The van der Waals surface area contributed by atoms with Crippen molar-refractivity contribution >= 4 is 23.6 Å². The summed E-state index contributed by atoms with van der Waals surface area (Å²) in [5.41, 5.74) is 0.569. The Balaban J connectivity index is 2.01. The van der Waals surface area contributed by atoms with Gasteiger partial charge in [0, 0.05) is 11.6 Å². The molecular weight excluding hydrogens is 396 g/mol. The number of nitro groups is 1. The average molecular weight is 414 g/mol. The minimum atomic E-state index is -0.697. The summed E-state index contributed by atoms with van der Waals surface area (Å²) in [7, 11) is 5.76. The molecule has 0 saturated carbocycles. The number of ether oxygens (including phenoxy) is 5. The molecule has 1 heterocycles. The highest BCUT2D eigenvalue weighted by atomic mass is 16.6. The third kappa shape index (κ3) is 3.88. The van der Waals surface area contributed by atoms with Gasteiger partial charge in [-0.1, -0.05) is 0 Å². The van der Waals surface area contributed by atoms with E-state index in [2.05, 4.69) is 4.99 Å². The van der Waals surface area contributed by atoms with E-state index in [4.69, 9.17) is 23.7 Å². The average Bonchev–Trinajstić information content (AvgIpc) is 3.12. The lowest BCUT2D eigenvalue weighted by atomic mass is 10.1. The van der Waals surface area contributed by atoms with Gasteiger partial charge in [-0.15, -0.1) is 0 Å². The molecule has 10 nitrogen and oxygen atoms in total. The van der Waals surface area contributed by atoms with Crippen molar-refractivity contribution in [2.75, 3.05) is 28.4 Å². The first-order valence-electron chi connectivity index (χ1n) is 8.57. The first-order valence-corrected chi connectivity index (χ1v) is 8.57. The van der Waals surface area contributed by atoms with Crippen LogP contribution >= 0.6 is 0 Å². The second-order valence-corrected chi connectivity index (χ2v) is 5.94. The smallest absolute Gasteiger partial charge is 0.363 e. The van der Waals surface area contributed by atoms with E-state index in [1.807, 2.05) is 0 Å². The lowest BCUT2D eigenvalue weighted by molar-refractivity contribution is -0.385. The number of cyclic esters (lactones) is 1. The fraction of sp³-hybridized carbons (Fsp3) is 0.200. The number of aliphatic imine (C=N–C) groups is 1. The van der Waals surface area contributed by atoms with E-state index < -0.39 is 10.9 Å². The fourth-order valence-electron chi connectivity index (χ4n) is 2.84. The van der Waals surface area contributed by atoms with E-state index in [-0.39, 0.29) is 28.6 Å². The van der Waals surface area contributed by atoms with Gasteiger partial charge < -0.3 is 23.7 Å². The van der Waals surface area contributed by atoms with Crippen molar-refractivity contribution in [1.82, 2.24) is 0 Å². The number of carbonyl (C=O) groups excluding carboxylic acids is 1. The van der Waals surface area contributed by atoms with Crippen LogP contribution in [0.1, 0.15) is 11.1 Å². The zero-order valence-electron chi connectivity index (χ0n) is 16.6. The molecule has 156 valence electrons. The molecule has 0 aromatic heterocycles. The van der Waals surface area contributed by atoms with Crippen molar-refractivity contribution in [3.63, 3.8) is 0 Å². The number of benzene rings is 2. The van der Waals surface area contributed by atoms with Crippen LogP contribution in [0.4, 0.5) is 5.69 Å². The summed E-state index contributed by atoms with van der Waals surface area (Å²) in [6, 6.07) is 7.44. The maximum absolute atomic E-state index is 12.3. The van der Waals surface area contributed by atoms with Crippen molar-refractivity contribution in [3.05, 3.63) is 57.3 Å². The van der Waals surface area contributed by atoms with Gasteiger partial charge in [-0.25, -0.2) is 9.79 Å². The molecule has 0 radical (unpaired) electrons. The third-order valence-corrected chi connectivity index (χ3v) is 4.23. The number of nitro benzene ring substituents is 1. The van der Waals surface area contributed by atoms with Crippen molar-refractivity contribution in [2.24, 2.45) is 4.99 Å². The monoisotopic (exact) mass is 414 g/mol. The van der Waals surface area contributed by atoms with Gasteiger partial charge in [0.15, 0.2) is 22.9 Å². The maximum atomic E-state index is 12.3. The van der Waals surface area contributed by atoms with Gasteiger partial charge in [0.05, 0.1) is 33.4 Å². The number of carbonyl (C=O) groups is 1. The zero-order chi connectivity index (χ0) is 21.8. The van der Waals surface area contributed by atoms with Crippen molar-refractivity contribution < 1.29 is 33.4 Å². The van der Waals surface area contributed by atoms with E-state index in [1.54, 1.807) is 12.1 Å². The SMILES string of the molecule is COc1ccc(C2=N/C(=C/c3cc(OC)c(OC)c(OC)c3)C(=O)O2)cc1[N+](=O)[O-]. The van der Waals surface area contributed by atoms with Crippen LogP contribution in [0.25, 0.3) is 6.08 Å². The molecule has 0 saturated heterocycles. The van der Waals surface area contributed by atoms with Crippen LogP contribution in [-0.4, -0.2) is 45.2 Å². The Kier molecular flexibility index (Phi) is 5.86. The highest BCUT2D eigenvalue weighted by Gasteiger charge is 2.27. The highest BCUT2D eigenvalue weighted by Crippen LogP contribution is 2.39. The van der Waals surface area contributed by atoms with Gasteiger partial charge in [0.1, 0.15) is 0 Å². The Labute approximate surface area is 171 Å². The molecule has 30 heavy (non-hydrogen) atoms. The van der Waals surface area contributed by atoms with Crippen molar-refractivity contribution in [1.29, 1.82) is 0 Å². The topological polar surface area (TPSA) is 119 Å². The van der Waals surface area contributed by atoms with Crippen LogP contribution in [0.5, 0.6) is 23.0 Å². The summed E-state index contributed by atoms with van der Waals surface area (Å²) in [6.45, 7) is 0. The van der Waals surface area contributed by atoms with Gasteiger partial charge in [-0.2, -0.15) is 0 Å². The highest BCUT2D eigenvalue weighted by molar-refractivity contribution is 6.13. The van der Waals surface area contributed by atoms with Crippen LogP contribution in [0, 0.1) is 10.1 Å². The van der Waals surface area contributed by atoms with E-state index in [1.165, 1.54) is 52.7 Å². The molecule has 0 N–H and O–H groups in total. The molecule has 2 aromatic rings. The molecule has 0 bridgehead atoms. The number of nitrogens with zero attached hydrogens (tertiary/aromatic N) is 2. The Morgan fingerprint density at radius 2 is 1.60 bits per heavy atom. The van der Waals surface area contributed by atoms with Gasteiger partial charge in [0.25, 0.3) is 0 Å². The largest absolute Gasteiger partial charge is 0.493 e. The maximum Gasteiger partial charge on any atom is 0.363 e. The van der Waals surface area contributed by atoms with Gasteiger partial charge in [0.2, 0.25) is 11.6 Å². The molecule has 0 unspecified atom stereocenters. The number of methoxy groups -OCH3 is 4. The predicted octanol–water partition coefficient (Wildman–Crippen LogP) is 2.97. The number of esters is 1. The Hall–Kier alpha value is -4.08. The quantitative estimate of drug-likeness (QED) is 0.294. The molecule has 0 aliphatic carbocycles. The first kappa shape index (κ1) is 20.6. The number of hydrogen-bond donors (Lipinski definition) is 0. The summed E-state index contributed by atoms with van der Waals surface area (Å²) in [5, 5.41) is 11.2. The van der Waals surface area contributed by atoms with Crippen molar-refractivity contribution in [3.8, 4) is 23.0 Å². The molecule has 0 fully saturated rings. The lowest BCUT2D eigenvalue weighted by Gasteiger charge is -2.12. The molecule has 10 heteroatoms. The minimum absolute atomic E-state index is 0.0118. The number of rotatable bonds is 7. The van der Waals surface area contributed by atoms with E-state index in [0.29, 0.717) is 22.8 Å². The molecule has 3 rings (SSSR count). The third-order valence-electron chi connectivity index (χ3n) is 4.23. The standard InChI is InChI=1S/C20H18N2O8/c1-26-15-6-5-12(10-14(15)22(24)25)19-21-13(20(23)30-19)7-11-8-16(27-2)18(29-4)17(9-11)28-3/h5-10H,1-4H3/b13-7+. The molecule has 0 atom stereocenters. The Bertz CT molecular complexity index is 1050. The summed E-state index contributed by atoms with van der Waals surface area (Å²) in [5.74, 6) is 0.560. The fourth-order valence-corrected chi connectivity index (χ4v) is 2.84. The molecule has 0 spiro atoms. The van der Waals surface area contributed by atoms with Crippen LogP contribution < -0.4 is 18.9 Å². The second kappa shape index (κ2) is 8.52. The molecule has 1 aliphatic rings. The summed E-state index contributed by atoms with van der Waals surface area (Å²) in [4.78, 5) is 27.1. The van der Waals surface area contributed by atoms with Gasteiger partial charge >= 0.3 is 11.7 Å². The minimum Gasteiger partial charge on any atom is -0.493 e. The lowest BCUT2D eigenvalue weighted by Crippen LogP contribution is -2.06. The van der Waals surface area contributed by atoms with Crippen LogP contribution in [-0.2, 0) is 9.53 Å². The van der Waals surface area contributed by atoms with Crippen LogP contribution in [0.15, 0.2) is 41.0 Å². The summed E-state index contributed by atoms with van der Waals surface area (Å²) in [6.07, 6.45) is 1.48. The molecule has 0 amide bonds. The second-order valence-electron chi connectivity index (χ2n) is 5.94. The summed E-state index contributed by atoms with van der Waals surface area (Å²) < 4.78 is 26.0. The van der Waals surface area contributed by atoms with Gasteiger partial charge in [-0.3, -0.25) is 10.1 Å². The zero-order valence-corrected chi connectivity index (χ0v) is 16.6. The molecule has 2 aromatic carbocycles. The number of hydrogen-bond acceptors (Lipinski definition) is 9. The van der Waals surface area contributed by atoms with E-state index in [9.17, 15) is 14.9 Å². The predicted molar refractivity (Wildman–Crippen MR) is 106 cm³/mol. The van der Waals surface area contributed by atoms with Crippen LogP contribution in [0.3, 0.4) is 0 Å². The van der Waals surface area contributed by atoms with Crippen LogP contribution in [0.2, 0.25) is 0 Å². The van der Waals surface area contributed by atoms with E-state index in [0.717, 1.165) is 0 Å². The van der Waals surface area contributed by atoms with Gasteiger partial charge in [-0.05, 0) is 35.9 Å². The Morgan fingerprint density at radius 1 is 0.967 bits per heavy atom. The normalized spacial score (nSPS) is 14.2.